The van der Waals surface area contributed by atoms with Crippen LogP contribution in [0.2, 0.25) is 0 Å². The molecule has 0 spiro atoms. The van der Waals surface area contributed by atoms with Gasteiger partial charge in [0.05, 0.1) is 11.8 Å². The number of nitrogens with one attached hydrogen (secondary N) is 1. The molecule has 0 aromatic carbocycles. The standard InChI is InChI=1S/C11H13ClN4/c1-16-6-14-10-9(16)2-3-13-11(10)15-8-4-7(12)5-8/h2-3,6-8H,4-5H2,1H3,(H,13,15). The molecule has 4 nitrogen and oxygen atoms in total. The molecule has 84 valence electrons. The fourth-order valence-electron chi connectivity index (χ4n) is 2.03. The highest BCUT2D eigenvalue weighted by Gasteiger charge is 2.27. The number of hydrogen-bond donors (Lipinski definition) is 1. The average Bonchev–Trinajstić information content (AvgIpc) is 2.60. The maximum atomic E-state index is 5.95. The highest BCUT2D eigenvalue weighted by Crippen LogP contribution is 2.29. The van der Waals surface area contributed by atoms with Gasteiger partial charge in [-0.3, -0.25) is 0 Å². The minimum Gasteiger partial charge on any atom is -0.365 e. The summed E-state index contributed by atoms with van der Waals surface area (Å²) in [4.78, 5) is 8.69. The number of fused-ring (bicyclic) bond motifs is 1. The Bertz CT molecular complexity index is 516. The van der Waals surface area contributed by atoms with Crippen LogP contribution < -0.4 is 5.32 Å². The minimum absolute atomic E-state index is 0.320. The average molecular weight is 237 g/mol. The Morgan fingerprint density at radius 3 is 3.00 bits per heavy atom. The molecule has 0 saturated heterocycles. The number of nitrogens with zero attached hydrogens (tertiary/aromatic N) is 3. The van der Waals surface area contributed by atoms with Gasteiger partial charge in [-0.25, -0.2) is 9.97 Å². The Morgan fingerprint density at radius 2 is 2.25 bits per heavy atom. The number of imidazole rings is 1. The lowest BCUT2D eigenvalue weighted by atomic mass is 9.92. The molecule has 2 heterocycles. The maximum Gasteiger partial charge on any atom is 0.154 e. The molecule has 0 radical (unpaired) electrons. The van der Waals surface area contributed by atoms with Gasteiger partial charge in [0.15, 0.2) is 5.82 Å². The number of hydrogen-bond acceptors (Lipinski definition) is 3. The number of alkyl halides is 1. The molecule has 3 rings (SSSR count). The molecule has 16 heavy (non-hydrogen) atoms. The van der Waals surface area contributed by atoms with Crippen LogP contribution in [0, 0.1) is 0 Å². The summed E-state index contributed by atoms with van der Waals surface area (Å²) in [5.74, 6) is 0.867. The first-order valence-corrected chi connectivity index (χ1v) is 5.84. The fraction of sp³-hybridized carbons (Fsp3) is 0.455. The van der Waals surface area contributed by atoms with Gasteiger partial charge in [-0.05, 0) is 18.9 Å². The molecule has 2 aromatic heterocycles. The van der Waals surface area contributed by atoms with Gasteiger partial charge in [0, 0.05) is 24.7 Å². The van der Waals surface area contributed by atoms with E-state index in [4.69, 9.17) is 11.6 Å². The van der Waals surface area contributed by atoms with Crippen LogP contribution >= 0.6 is 11.6 Å². The van der Waals surface area contributed by atoms with Gasteiger partial charge in [0.1, 0.15) is 5.52 Å². The number of halogens is 1. The highest BCUT2D eigenvalue weighted by molar-refractivity contribution is 6.21. The fourth-order valence-corrected chi connectivity index (χ4v) is 2.46. The summed E-state index contributed by atoms with van der Waals surface area (Å²) in [6, 6.07) is 2.42. The van der Waals surface area contributed by atoms with Crippen molar-refractivity contribution in [2.24, 2.45) is 7.05 Å². The summed E-state index contributed by atoms with van der Waals surface area (Å²) in [6.07, 6.45) is 5.63. The molecule has 0 atom stereocenters. The van der Waals surface area contributed by atoms with E-state index in [0.717, 1.165) is 29.7 Å². The Hall–Kier alpha value is -1.29. The first-order chi connectivity index (χ1) is 7.74. The molecule has 1 N–H and O–H groups in total. The monoisotopic (exact) mass is 236 g/mol. The van der Waals surface area contributed by atoms with Crippen molar-refractivity contribution in [1.29, 1.82) is 0 Å². The second kappa shape index (κ2) is 3.63. The Labute approximate surface area is 98.6 Å². The second-order valence-corrected chi connectivity index (χ2v) is 4.91. The largest absolute Gasteiger partial charge is 0.365 e. The number of rotatable bonds is 2. The number of aromatic nitrogens is 3. The van der Waals surface area contributed by atoms with Crippen LogP contribution in [0.5, 0.6) is 0 Å². The predicted octanol–water partition coefficient (Wildman–Crippen LogP) is 2.15. The van der Waals surface area contributed by atoms with E-state index in [2.05, 4.69) is 15.3 Å². The van der Waals surface area contributed by atoms with Gasteiger partial charge in [-0.2, -0.15) is 0 Å². The van der Waals surface area contributed by atoms with Crippen molar-refractivity contribution >= 4 is 28.5 Å². The molecule has 0 aliphatic heterocycles. The molecule has 2 aromatic rings. The highest BCUT2D eigenvalue weighted by atomic mass is 35.5. The topological polar surface area (TPSA) is 42.7 Å². The number of anilines is 1. The van der Waals surface area contributed by atoms with Crippen LogP contribution in [-0.2, 0) is 7.05 Å². The van der Waals surface area contributed by atoms with Crippen LogP contribution in [-0.4, -0.2) is 26.0 Å². The van der Waals surface area contributed by atoms with E-state index >= 15 is 0 Å². The Morgan fingerprint density at radius 1 is 1.44 bits per heavy atom. The first-order valence-electron chi connectivity index (χ1n) is 5.40. The second-order valence-electron chi connectivity index (χ2n) is 4.29. The lowest BCUT2D eigenvalue weighted by Gasteiger charge is -2.31. The SMILES string of the molecule is Cn1cnc2c(NC3CC(Cl)C3)nccc21. The minimum atomic E-state index is 0.320. The van der Waals surface area contributed by atoms with E-state index in [1.165, 1.54) is 0 Å². The van der Waals surface area contributed by atoms with E-state index in [1.54, 1.807) is 0 Å². The van der Waals surface area contributed by atoms with E-state index in [9.17, 15) is 0 Å². The lowest BCUT2D eigenvalue weighted by molar-refractivity contribution is 0.454. The van der Waals surface area contributed by atoms with E-state index < -0.39 is 0 Å². The van der Waals surface area contributed by atoms with Crippen molar-refractivity contribution in [2.45, 2.75) is 24.3 Å². The molecular weight excluding hydrogens is 224 g/mol. The molecular formula is C11H13ClN4. The predicted molar refractivity (Wildman–Crippen MR) is 64.8 cm³/mol. The summed E-state index contributed by atoms with van der Waals surface area (Å²) in [5, 5.41) is 3.71. The van der Waals surface area contributed by atoms with Crippen molar-refractivity contribution in [3.8, 4) is 0 Å². The maximum absolute atomic E-state index is 5.95. The van der Waals surface area contributed by atoms with Crippen LogP contribution in [0.3, 0.4) is 0 Å². The molecule has 5 heteroatoms. The summed E-state index contributed by atoms with van der Waals surface area (Å²) in [5.41, 5.74) is 2.03. The third-order valence-electron chi connectivity index (χ3n) is 3.06. The zero-order valence-corrected chi connectivity index (χ0v) is 9.78. The third kappa shape index (κ3) is 1.53. The molecule has 0 amide bonds. The molecule has 1 fully saturated rings. The van der Waals surface area contributed by atoms with E-state index in [0.29, 0.717) is 11.4 Å². The van der Waals surface area contributed by atoms with Crippen LogP contribution in [0.1, 0.15) is 12.8 Å². The lowest BCUT2D eigenvalue weighted by Crippen LogP contribution is -2.36. The van der Waals surface area contributed by atoms with Crippen LogP contribution in [0.25, 0.3) is 11.0 Å². The van der Waals surface area contributed by atoms with Crippen molar-refractivity contribution in [2.75, 3.05) is 5.32 Å². The Balaban J connectivity index is 1.91. The zero-order chi connectivity index (χ0) is 11.1. The molecule has 0 bridgehead atoms. The van der Waals surface area contributed by atoms with Gasteiger partial charge in [0.2, 0.25) is 0 Å². The molecule has 1 saturated carbocycles. The summed E-state index contributed by atoms with van der Waals surface area (Å²) >= 11 is 5.95. The summed E-state index contributed by atoms with van der Waals surface area (Å²) < 4.78 is 1.99. The van der Waals surface area contributed by atoms with Crippen LogP contribution in [0.15, 0.2) is 18.6 Å². The quantitative estimate of drug-likeness (QED) is 0.813. The van der Waals surface area contributed by atoms with E-state index in [-0.39, 0.29) is 0 Å². The van der Waals surface area contributed by atoms with Gasteiger partial charge < -0.3 is 9.88 Å². The summed E-state index contributed by atoms with van der Waals surface area (Å²) in [6.45, 7) is 0. The number of aryl methyl sites for hydroxylation is 1. The molecule has 0 unspecified atom stereocenters. The van der Waals surface area contributed by atoms with E-state index in [1.807, 2.05) is 30.2 Å². The van der Waals surface area contributed by atoms with Gasteiger partial charge in [-0.15, -0.1) is 11.6 Å². The summed E-state index contributed by atoms with van der Waals surface area (Å²) in [7, 11) is 1.98. The normalized spacial score (nSPS) is 24.4. The van der Waals surface area contributed by atoms with Crippen molar-refractivity contribution < 1.29 is 0 Å². The van der Waals surface area contributed by atoms with Crippen molar-refractivity contribution in [1.82, 2.24) is 14.5 Å². The van der Waals surface area contributed by atoms with Gasteiger partial charge in [0.25, 0.3) is 0 Å². The zero-order valence-electron chi connectivity index (χ0n) is 9.02. The van der Waals surface area contributed by atoms with Gasteiger partial charge in [-0.1, -0.05) is 0 Å². The molecule has 1 aliphatic carbocycles. The Kier molecular flexibility index (Phi) is 2.24. The van der Waals surface area contributed by atoms with Crippen molar-refractivity contribution in [3.63, 3.8) is 0 Å². The smallest absolute Gasteiger partial charge is 0.154 e. The first kappa shape index (κ1) is 9.90. The third-order valence-corrected chi connectivity index (χ3v) is 3.42. The van der Waals surface area contributed by atoms with Gasteiger partial charge >= 0.3 is 0 Å². The van der Waals surface area contributed by atoms with Crippen LogP contribution in [0.4, 0.5) is 5.82 Å². The number of pyridine rings is 1. The van der Waals surface area contributed by atoms with Crippen molar-refractivity contribution in [3.05, 3.63) is 18.6 Å². The molecule has 1 aliphatic rings.